The Labute approximate surface area is 128 Å². The fourth-order valence-electron chi connectivity index (χ4n) is 1.13. The number of amides is 1. The molecule has 7 heteroatoms. The van der Waals surface area contributed by atoms with Crippen LogP contribution >= 0.6 is 0 Å². The Kier molecular flexibility index (Phi) is 7.39. The zero-order chi connectivity index (χ0) is 16.8. The van der Waals surface area contributed by atoms with Crippen molar-refractivity contribution < 1.29 is 23.9 Å². The van der Waals surface area contributed by atoms with Gasteiger partial charge in [-0.2, -0.15) is 0 Å². The van der Waals surface area contributed by atoms with Crippen molar-refractivity contribution in [3.63, 3.8) is 0 Å². The minimum absolute atomic E-state index is 0.0205. The Morgan fingerprint density at radius 2 is 1.81 bits per heavy atom. The summed E-state index contributed by atoms with van der Waals surface area (Å²) in [4.78, 5) is 22.8. The van der Waals surface area contributed by atoms with Gasteiger partial charge in [-0.15, -0.1) is 0 Å². The van der Waals surface area contributed by atoms with Crippen molar-refractivity contribution in [1.82, 2.24) is 5.32 Å². The van der Waals surface area contributed by atoms with Crippen LogP contribution in [0.3, 0.4) is 0 Å². The molecule has 0 bridgehead atoms. The standard InChI is InChI=1S/C14H29NO5Si/c1-8-10(2)20-13(18)15-11(12(16)17)9-19-21(6,7)14(3,4)5/h10-11H,8-9H2,1-7H3,(H,15,18)(H,16,17). The minimum atomic E-state index is -2.06. The first kappa shape index (κ1) is 19.9. The van der Waals surface area contributed by atoms with Gasteiger partial charge in [-0.05, 0) is 31.5 Å². The molecule has 0 saturated heterocycles. The summed E-state index contributed by atoms with van der Waals surface area (Å²) in [5.41, 5.74) is 0. The molecule has 21 heavy (non-hydrogen) atoms. The first-order chi connectivity index (χ1) is 9.40. The van der Waals surface area contributed by atoms with Crippen molar-refractivity contribution in [2.75, 3.05) is 6.61 Å². The van der Waals surface area contributed by atoms with E-state index in [-0.39, 0.29) is 17.7 Å². The van der Waals surface area contributed by atoms with Crippen molar-refractivity contribution in [2.45, 2.75) is 71.3 Å². The molecule has 124 valence electrons. The second kappa shape index (κ2) is 7.79. The van der Waals surface area contributed by atoms with Crippen LogP contribution in [-0.4, -0.2) is 44.2 Å². The van der Waals surface area contributed by atoms with E-state index in [0.717, 1.165) is 0 Å². The van der Waals surface area contributed by atoms with Gasteiger partial charge in [0.2, 0.25) is 0 Å². The lowest BCUT2D eigenvalue weighted by atomic mass is 10.2. The number of hydrogen-bond acceptors (Lipinski definition) is 4. The summed E-state index contributed by atoms with van der Waals surface area (Å²) < 4.78 is 10.9. The van der Waals surface area contributed by atoms with Crippen molar-refractivity contribution >= 4 is 20.4 Å². The number of alkyl carbamates (subject to hydrolysis) is 1. The lowest BCUT2D eigenvalue weighted by Crippen LogP contribution is -2.49. The van der Waals surface area contributed by atoms with Crippen LogP contribution in [0.15, 0.2) is 0 Å². The maximum Gasteiger partial charge on any atom is 0.408 e. The van der Waals surface area contributed by atoms with Gasteiger partial charge in [0.1, 0.15) is 6.10 Å². The van der Waals surface area contributed by atoms with E-state index in [0.29, 0.717) is 6.42 Å². The summed E-state index contributed by atoms with van der Waals surface area (Å²) in [6.07, 6.45) is -0.303. The molecule has 0 spiro atoms. The molecule has 0 heterocycles. The fraction of sp³-hybridized carbons (Fsp3) is 0.857. The van der Waals surface area contributed by atoms with Crippen LogP contribution in [0.5, 0.6) is 0 Å². The second-order valence-electron chi connectivity index (χ2n) is 6.73. The quantitative estimate of drug-likeness (QED) is 0.705. The van der Waals surface area contributed by atoms with Gasteiger partial charge in [-0.25, -0.2) is 9.59 Å². The first-order valence-corrected chi connectivity index (χ1v) is 10.2. The van der Waals surface area contributed by atoms with E-state index in [2.05, 4.69) is 26.1 Å². The molecule has 0 aliphatic rings. The molecular weight excluding hydrogens is 290 g/mol. The maximum absolute atomic E-state index is 11.6. The van der Waals surface area contributed by atoms with Gasteiger partial charge in [0, 0.05) is 0 Å². The Balaban J connectivity index is 4.59. The summed E-state index contributed by atoms with van der Waals surface area (Å²) in [6, 6.07) is -1.10. The number of aliphatic carboxylic acids is 1. The molecule has 2 atom stereocenters. The molecule has 0 aromatic heterocycles. The number of carboxylic acid groups (broad SMARTS) is 1. The number of hydrogen-bond donors (Lipinski definition) is 2. The average Bonchev–Trinajstić information content (AvgIpc) is 2.32. The fourth-order valence-corrected chi connectivity index (χ4v) is 2.14. The van der Waals surface area contributed by atoms with Crippen LogP contribution in [0.1, 0.15) is 41.0 Å². The van der Waals surface area contributed by atoms with Crippen LogP contribution in [0, 0.1) is 0 Å². The van der Waals surface area contributed by atoms with E-state index in [1.807, 2.05) is 20.0 Å². The third-order valence-electron chi connectivity index (χ3n) is 3.89. The summed E-state index contributed by atoms with van der Waals surface area (Å²) in [5, 5.41) is 11.5. The highest BCUT2D eigenvalue weighted by Gasteiger charge is 2.38. The summed E-state index contributed by atoms with van der Waals surface area (Å²) in [6.45, 7) is 13.8. The van der Waals surface area contributed by atoms with Crippen LogP contribution in [0.25, 0.3) is 0 Å². The number of ether oxygens (including phenoxy) is 1. The third-order valence-corrected chi connectivity index (χ3v) is 8.39. The Bertz CT molecular complexity index is 365. The second-order valence-corrected chi connectivity index (χ2v) is 11.5. The van der Waals surface area contributed by atoms with Gasteiger partial charge >= 0.3 is 12.1 Å². The van der Waals surface area contributed by atoms with Crippen molar-refractivity contribution in [2.24, 2.45) is 0 Å². The predicted molar refractivity (Wildman–Crippen MR) is 83.9 cm³/mol. The number of carbonyl (C=O) groups excluding carboxylic acids is 1. The van der Waals surface area contributed by atoms with Gasteiger partial charge in [0.25, 0.3) is 0 Å². The van der Waals surface area contributed by atoms with Gasteiger partial charge in [-0.3, -0.25) is 0 Å². The zero-order valence-corrected chi connectivity index (χ0v) is 15.1. The number of nitrogens with one attached hydrogen (secondary N) is 1. The van der Waals surface area contributed by atoms with Crippen LogP contribution < -0.4 is 5.32 Å². The molecule has 0 aromatic rings. The summed E-state index contributed by atoms with van der Waals surface area (Å²) >= 11 is 0. The molecule has 0 aromatic carbocycles. The number of carbonyl (C=O) groups is 2. The largest absolute Gasteiger partial charge is 0.480 e. The van der Waals surface area contributed by atoms with Crippen LogP contribution in [0.2, 0.25) is 18.1 Å². The average molecular weight is 319 g/mol. The molecular formula is C14H29NO5Si. The number of carboxylic acids is 1. The molecule has 2 unspecified atom stereocenters. The maximum atomic E-state index is 11.6. The highest BCUT2D eigenvalue weighted by molar-refractivity contribution is 6.74. The Hall–Kier alpha value is -1.08. The van der Waals surface area contributed by atoms with Gasteiger partial charge < -0.3 is 19.6 Å². The van der Waals surface area contributed by atoms with Gasteiger partial charge in [0.15, 0.2) is 14.4 Å². The van der Waals surface area contributed by atoms with E-state index in [1.54, 1.807) is 6.92 Å². The molecule has 0 aliphatic carbocycles. The molecule has 0 fully saturated rings. The van der Waals surface area contributed by atoms with Crippen LogP contribution in [0.4, 0.5) is 4.79 Å². The normalized spacial score (nSPS) is 15.2. The van der Waals surface area contributed by atoms with Crippen molar-refractivity contribution in [1.29, 1.82) is 0 Å². The van der Waals surface area contributed by atoms with E-state index >= 15 is 0 Å². The highest BCUT2D eigenvalue weighted by atomic mass is 28.4. The minimum Gasteiger partial charge on any atom is -0.480 e. The topological polar surface area (TPSA) is 84.9 Å². The lowest BCUT2D eigenvalue weighted by molar-refractivity contribution is -0.140. The molecule has 0 aliphatic heterocycles. The Morgan fingerprint density at radius 3 is 2.19 bits per heavy atom. The van der Waals surface area contributed by atoms with Crippen molar-refractivity contribution in [3.8, 4) is 0 Å². The lowest BCUT2D eigenvalue weighted by Gasteiger charge is -2.36. The summed E-state index contributed by atoms with van der Waals surface area (Å²) in [7, 11) is -2.06. The van der Waals surface area contributed by atoms with Crippen molar-refractivity contribution in [3.05, 3.63) is 0 Å². The SMILES string of the molecule is CCC(C)OC(=O)NC(CO[Si](C)(C)C(C)(C)C)C(=O)O. The van der Waals surface area contributed by atoms with E-state index in [9.17, 15) is 14.7 Å². The summed E-state index contributed by atoms with van der Waals surface area (Å²) in [5.74, 6) is -1.13. The van der Waals surface area contributed by atoms with Gasteiger partial charge in [-0.1, -0.05) is 27.7 Å². The van der Waals surface area contributed by atoms with Gasteiger partial charge in [0.05, 0.1) is 6.61 Å². The van der Waals surface area contributed by atoms with E-state index in [4.69, 9.17) is 9.16 Å². The van der Waals surface area contributed by atoms with Crippen LogP contribution in [-0.2, 0) is 14.0 Å². The zero-order valence-electron chi connectivity index (χ0n) is 14.1. The first-order valence-electron chi connectivity index (χ1n) is 7.24. The Morgan fingerprint density at radius 1 is 1.29 bits per heavy atom. The predicted octanol–water partition coefficient (Wildman–Crippen LogP) is 2.99. The smallest absolute Gasteiger partial charge is 0.408 e. The number of rotatable bonds is 7. The molecule has 6 nitrogen and oxygen atoms in total. The monoisotopic (exact) mass is 319 g/mol. The van der Waals surface area contributed by atoms with E-state index < -0.39 is 26.4 Å². The van der Waals surface area contributed by atoms with E-state index in [1.165, 1.54) is 0 Å². The molecule has 1 amide bonds. The third kappa shape index (κ3) is 6.95. The molecule has 0 radical (unpaired) electrons. The molecule has 2 N–H and O–H groups in total. The molecule has 0 saturated carbocycles. The highest BCUT2D eigenvalue weighted by Crippen LogP contribution is 2.36. The molecule has 0 rings (SSSR count).